The van der Waals surface area contributed by atoms with E-state index in [9.17, 15) is 0 Å². The highest BCUT2D eigenvalue weighted by molar-refractivity contribution is 6.30. The first-order chi connectivity index (χ1) is 6.96. The van der Waals surface area contributed by atoms with Crippen molar-refractivity contribution >= 4 is 11.6 Å². The van der Waals surface area contributed by atoms with E-state index in [1.165, 1.54) is 24.8 Å². The molecule has 0 unspecified atom stereocenters. The average molecular weight is 222 g/mol. The van der Waals surface area contributed by atoms with Gasteiger partial charge >= 0.3 is 0 Å². The molecule has 1 aromatic rings. The van der Waals surface area contributed by atoms with E-state index in [0.29, 0.717) is 0 Å². The Kier molecular flexibility index (Phi) is 2.58. The lowest BCUT2D eigenvalue weighted by molar-refractivity contribution is 0.108. The molecule has 0 spiro atoms. The number of rotatable bonds is 2. The van der Waals surface area contributed by atoms with Crippen LogP contribution in [0.5, 0.6) is 0 Å². The lowest BCUT2D eigenvalue weighted by Gasteiger charge is -2.52. The number of halogens is 1. The van der Waals surface area contributed by atoms with Gasteiger partial charge in [-0.05, 0) is 42.9 Å². The van der Waals surface area contributed by atoms with Gasteiger partial charge in [0.05, 0.1) is 0 Å². The monoisotopic (exact) mass is 221 g/mol. The second-order valence-corrected chi connectivity index (χ2v) is 5.76. The molecule has 1 saturated carbocycles. The first-order valence-electron chi connectivity index (χ1n) is 5.57. The summed E-state index contributed by atoms with van der Waals surface area (Å²) in [7, 11) is 0. The summed E-state index contributed by atoms with van der Waals surface area (Å²) in [6, 6.07) is 8.30. The van der Waals surface area contributed by atoms with Crippen LogP contribution < -0.4 is 0 Å². The Balaban J connectivity index is 2.39. The minimum atomic E-state index is 0.0963. The fourth-order valence-corrected chi connectivity index (χ4v) is 2.78. The molecule has 0 aliphatic heterocycles. The van der Waals surface area contributed by atoms with Gasteiger partial charge < -0.3 is 0 Å². The van der Waals surface area contributed by atoms with Crippen molar-refractivity contribution in [2.24, 2.45) is 5.41 Å². The SMILES string of the molecule is [CH2]C(C)(C)C1(c2ccc(Cl)cc2)CCC1. The molecule has 2 rings (SSSR count). The normalized spacial score (nSPS) is 19.7. The van der Waals surface area contributed by atoms with Gasteiger partial charge in [0.2, 0.25) is 0 Å². The number of hydrogen-bond donors (Lipinski definition) is 0. The van der Waals surface area contributed by atoms with Crippen molar-refractivity contribution in [1.82, 2.24) is 0 Å². The Morgan fingerprint density at radius 1 is 1.20 bits per heavy atom. The van der Waals surface area contributed by atoms with Crippen molar-refractivity contribution in [2.75, 3.05) is 0 Å². The molecule has 0 aromatic heterocycles. The van der Waals surface area contributed by atoms with E-state index in [1.54, 1.807) is 0 Å². The van der Waals surface area contributed by atoms with E-state index in [1.807, 2.05) is 12.1 Å². The van der Waals surface area contributed by atoms with E-state index in [2.05, 4.69) is 32.9 Å². The van der Waals surface area contributed by atoms with Crippen LogP contribution in [0.25, 0.3) is 0 Å². The van der Waals surface area contributed by atoms with Gasteiger partial charge in [0.15, 0.2) is 0 Å². The van der Waals surface area contributed by atoms with Gasteiger partial charge in [-0.1, -0.05) is 44.0 Å². The van der Waals surface area contributed by atoms with Crippen molar-refractivity contribution in [2.45, 2.75) is 38.5 Å². The molecular formula is C14H18Cl. The van der Waals surface area contributed by atoms with Crippen LogP contribution >= 0.6 is 11.6 Å². The molecule has 0 amide bonds. The van der Waals surface area contributed by atoms with Crippen LogP contribution in [0.4, 0.5) is 0 Å². The Morgan fingerprint density at radius 2 is 1.73 bits per heavy atom. The van der Waals surface area contributed by atoms with Gasteiger partial charge in [-0.25, -0.2) is 0 Å². The highest BCUT2D eigenvalue weighted by Gasteiger charge is 2.47. The molecule has 1 aliphatic rings. The maximum atomic E-state index is 5.92. The molecule has 15 heavy (non-hydrogen) atoms. The molecule has 1 aromatic carbocycles. The molecule has 81 valence electrons. The minimum Gasteiger partial charge on any atom is -0.0843 e. The van der Waals surface area contributed by atoms with Gasteiger partial charge in [0, 0.05) is 10.4 Å². The summed E-state index contributed by atoms with van der Waals surface area (Å²) in [5, 5.41) is 0.815. The average Bonchev–Trinajstić information content (AvgIpc) is 2.03. The first-order valence-corrected chi connectivity index (χ1v) is 5.95. The van der Waals surface area contributed by atoms with E-state index in [-0.39, 0.29) is 10.8 Å². The summed E-state index contributed by atoms with van der Waals surface area (Å²) in [5.74, 6) is 0. The predicted octanol–water partition coefficient (Wildman–Crippen LogP) is 4.62. The van der Waals surface area contributed by atoms with E-state index in [0.717, 1.165) is 5.02 Å². The molecule has 1 fully saturated rings. The van der Waals surface area contributed by atoms with E-state index < -0.39 is 0 Å². The van der Waals surface area contributed by atoms with Crippen LogP contribution in [0.3, 0.4) is 0 Å². The van der Waals surface area contributed by atoms with Crippen LogP contribution in [0.1, 0.15) is 38.7 Å². The Labute approximate surface area is 97.6 Å². The predicted molar refractivity (Wildman–Crippen MR) is 66.1 cm³/mol. The Hall–Kier alpha value is -0.490. The molecule has 0 nitrogen and oxygen atoms in total. The fourth-order valence-electron chi connectivity index (χ4n) is 2.66. The summed E-state index contributed by atoms with van der Waals surface area (Å²) >= 11 is 5.92. The van der Waals surface area contributed by atoms with Crippen LogP contribution in [0, 0.1) is 12.3 Å². The van der Waals surface area contributed by atoms with Crippen LogP contribution in [-0.4, -0.2) is 0 Å². The van der Waals surface area contributed by atoms with E-state index >= 15 is 0 Å². The molecule has 1 radical (unpaired) electrons. The van der Waals surface area contributed by atoms with Crippen molar-refractivity contribution in [1.29, 1.82) is 0 Å². The van der Waals surface area contributed by atoms with Crippen molar-refractivity contribution in [3.63, 3.8) is 0 Å². The molecular weight excluding hydrogens is 204 g/mol. The molecule has 0 N–H and O–H groups in total. The second kappa shape index (κ2) is 3.52. The highest BCUT2D eigenvalue weighted by atomic mass is 35.5. The fraction of sp³-hybridized carbons (Fsp3) is 0.500. The van der Waals surface area contributed by atoms with Crippen molar-refractivity contribution < 1.29 is 0 Å². The van der Waals surface area contributed by atoms with Crippen LogP contribution in [-0.2, 0) is 5.41 Å². The zero-order chi connectivity index (χ0) is 11.1. The maximum absolute atomic E-state index is 5.92. The number of hydrogen-bond acceptors (Lipinski definition) is 0. The Morgan fingerprint density at radius 3 is 2.07 bits per heavy atom. The van der Waals surface area contributed by atoms with Gasteiger partial charge in [-0.3, -0.25) is 0 Å². The zero-order valence-electron chi connectivity index (χ0n) is 9.52. The topological polar surface area (TPSA) is 0 Å². The maximum Gasteiger partial charge on any atom is 0.0406 e. The smallest absolute Gasteiger partial charge is 0.0406 e. The van der Waals surface area contributed by atoms with Crippen LogP contribution in [0.2, 0.25) is 5.02 Å². The first kappa shape index (κ1) is 11.0. The summed E-state index contributed by atoms with van der Waals surface area (Å²) in [4.78, 5) is 0. The molecule has 0 atom stereocenters. The van der Waals surface area contributed by atoms with E-state index in [4.69, 9.17) is 11.6 Å². The molecule has 1 heteroatoms. The summed E-state index contributed by atoms with van der Waals surface area (Å²) in [5.41, 5.74) is 1.77. The second-order valence-electron chi connectivity index (χ2n) is 5.33. The molecule has 1 aliphatic carbocycles. The van der Waals surface area contributed by atoms with Gasteiger partial charge in [0.25, 0.3) is 0 Å². The van der Waals surface area contributed by atoms with Crippen LogP contribution in [0.15, 0.2) is 24.3 Å². The molecule has 0 bridgehead atoms. The molecule has 0 saturated heterocycles. The summed E-state index contributed by atoms with van der Waals surface area (Å²) in [6.45, 7) is 8.80. The third-order valence-electron chi connectivity index (χ3n) is 3.90. The quantitative estimate of drug-likeness (QED) is 0.684. The summed E-state index contributed by atoms with van der Waals surface area (Å²) in [6.07, 6.45) is 3.83. The largest absolute Gasteiger partial charge is 0.0843 e. The summed E-state index contributed by atoms with van der Waals surface area (Å²) < 4.78 is 0. The number of benzene rings is 1. The zero-order valence-corrected chi connectivity index (χ0v) is 10.3. The van der Waals surface area contributed by atoms with Gasteiger partial charge in [-0.2, -0.15) is 0 Å². The third-order valence-corrected chi connectivity index (χ3v) is 4.15. The van der Waals surface area contributed by atoms with Gasteiger partial charge in [0.1, 0.15) is 0 Å². The lowest BCUT2D eigenvalue weighted by Crippen LogP contribution is -2.46. The lowest BCUT2D eigenvalue weighted by atomic mass is 9.52. The van der Waals surface area contributed by atoms with Gasteiger partial charge in [-0.15, -0.1) is 0 Å². The third kappa shape index (κ3) is 1.69. The van der Waals surface area contributed by atoms with Crippen molar-refractivity contribution in [3.05, 3.63) is 41.8 Å². The highest BCUT2D eigenvalue weighted by Crippen LogP contribution is 2.55. The van der Waals surface area contributed by atoms with Crippen molar-refractivity contribution in [3.8, 4) is 0 Å². The standard InChI is InChI=1S/C14H18Cl/c1-13(2,3)14(9-4-10-14)11-5-7-12(15)8-6-11/h5-8H,1,4,9-10H2,2-3H3. The Bertz CT molecular complexity index is 339. The molecule has 0 heterocycles. The minimum absolute atomic E-state index is 0.0963.